The van der Waals surface area contributed by atoms with E-state index < -0.39 is 12.1 Å². The van der Waals surface area contributed by atoms with Crippen molar-refractivity contribution in [2.75, 3.05) is 19.7 Å². The molecule has 1 aromatic heterocycles. The van der Waals surface area contributed by atoms with Crippen molar-refractivity contribution >= 4 is 34.8 Å². The molecule has 1 aliphatic heterocycles. The standard InChI is InChI=1S/C11H12ClNO4S/c12-9-2-1-8(18-9)11(16)13-3-4-17-7(6-13)5-10(14)15/h1-2,7H,3-6H2,(H,14,15). The van der Waals surface area contributed by atoms with Gasteiger partial charge in [0.25, 0.3) is 5.91 Å². The van der Waals surface area contributed by atoms with E-state index >= 15 is 0 Å². The third-order valence-electron chi connectivity index (χ3n) is 2.61. The maximum absolute atomic E-state index is 12.1. The normalized spacial score (nSPS) is 19.8. The summed E-state index contributed by atoms with van der Waals surface area (Å²) in [6.07, 6.45) is -0.523. The van der Waals surface area contributed by atoms with Crippen LogP contribution in [-0.4, -0.2) is 47.7 Å². The maximum Gasteiger partial charge on any atom is 0.306 e. The molecule has 0 aromatic carbocycles. The Kier molecular flexibility index (Phi) is 4.21. The Labute approximate surface area is 113 Å². The fourth-order valence-electron chi connectivity index (χ4n) is 1.81. The molecule has 1 N–H and O–H groups in total. The predicted molar refractivity (Wildman–Crippen MR) is 67.2 cm³/mol. The summed E-state index contributed by atoms with van der Waals surface area (Å²) in [5, 5.41) is 8.71. The van der Waals surface area contributed by atoms with Crippen LogP contribution in [0.5, 0.6) is 0 Å². The van der Waals surface area contributed by atoms with E-state index in [1.165, 1.54) is 11.3 Å². The molecule has 0 bridgehead atoms. The monoisotopic (exact) mass is 289 g/mol. The van der Waals surface area contributed by atoms with Crippen molar-refractivity contribution in [3.05, 3.63) is 21.3 Å². The number of thiophene rings is 1. The number of carboxylic acid groups (broad SMARTS) is 1. The van der Waals surface area contributed by atoms with Gasteiger partial charge >= 0.3 is 5.97 Å². The van der Waals surface area contributed by atoms with Gasteiger partial charge in [-0.2, -0.15) is 0 Å². The van der Waals surface area contributed by atoms with Gasteiger partial charge in [0.1, 0.15) is 0 Å². The van der Waals surface area contributed by atoms with E-state index in [2.05, 4.69) is 0 Å². The molecule has 1 unspecified atom stereocenters. The Balaban J connectivity index is 2.00. The zero-order chi connectivity index (χ0) is 13.1. The molecule has 5 nitrogen and oxygen atoms in total. The molecule has 7 heteroatoms. The van der Waals surface area contributed by atoms with Crippen LogP contribution >= 0.6 is 22.9 Å². The summed E-state index contributed by atoms with van der Waals surface area (Å²) in [5.74, 6) is -1.04. The van der Waals surface area contributed by atoms with Crippen LogP contribution < -0.4 is 0 Å². The zero-order valence-corrected chi connectivity index (χ0v) is 11.0. The highest BCUT2D eigenvalue weighted by Crippen LogP contribution is 2.23. The number of carbonyl (C=O) groups is 2. The molecular formula is C11H12ClNO4S. The van der Waals surface area contributed by atoms with Crippen molar-refractivity contribution < 1.29 is 19.4 Å². The van der Waals surface area contributed by atoms with Crippen LogP contribution in [0.1, 0.15) is 16.1 Å². The molecule has 1 aromatic rings. The first kappa shape index (κ1) is 13.3. The highest BCUT2D eigenvalue weighted by atomic mass is 35.5. The highest BCUT2D eigenvalue weighted by Gasteiger charge is 2.27. The highest BCUT2D eigenvalue weighted by molar-refractivity contribution is 7.17. The number of morpholine rings is 1. The number of halogens is 1. The van der Waals surface area contributed by atoms with Gasteiger partial charge < -0.3 is 14.7 Å². The number of hydrogen-bond acceptors (Lipinski definition) is 4. The van der Waals surface area contributed by atoms with E-state index in [4.69, 9.17) is 21.4 Å². The molecular weight excluding hydrogens is 278 g/mol. The van der Waals surface area contributed by atoms with E-state index in [1.54, 1.807) is 17.0 Å². The van der Waals surface area contributed by atoms with Gasteiger partial charge in [0, 0.05) is 13.1 Å². The lowest BCUT2D eigenvalue weighted by atomic mass is 10.2. The molecule has 0 spiro atoms. The quantitative estimate of drug-likeness (QED) is 0.920. The Morgan fingerprint density at radius 1 is 1.56 bits per heavy atom. The fraction of sp³-hybridized carbons (Fsp3) is 0.455. The van der Waals surface area contributed by atoms with E-state index in [9.17, 15) is 9.59 Å². The largest absolute Gasteiger partial charge is 0.481 e. The lowest BCUT2D eigenvalue weighted by molar-refractivity contribution is -0.141. The number of aliphatic carboxylic acids is 1. The SMILES string of the molecule is O=C(O)CC1CN(C(=O)c2ccc(Cl)s2)CCO1. The van der Waals surface area contributed by atoms with Crippen molar-refractivity contribution in [1.82, 2.24) is 4.90 Å². The van der Waals surface area contributed by atoms with Crippen LogP contribution in [0.15, 0.2) is 12.1 Å². The molecule has 1 saturated heterocycles. The van der Waals surface area contributed by atoms with Gasteiger partial charge in [-0.05, 0) is 12.1 Å². The second-order valence-electron chi connectivity index (χ2n) is 3.95. The minimum Gasteiger partial charge on any atom is -0.481 e. The summed E-state index contributed by atoms with van der Waals surface area (Å²) in [6, 6.07) is 3.35. The van der Waals surface area contributed by atoms with Crippen LogP contribution in [0.3, 0.4) is 0 Å². The van der Waals surface area contributed by atoms with Crippen molar-refractivity contribution in [3.63, 3.8) is 0 Å². The van der Waals surface area contributed by atoms with E-state index in [1.807, 2.05) is 0 Å². The lowest BCUT2D eigenvalue weighted by Gasteiger charge is -2.32. The number of hydrogen-bond donors (Lipinski definition) is 1. The number of nitrogens with zero attached hydrogens (tertiary/aromatic N) is 1. The number of carbonyl (C=O) groups excluding carboxylic acids is 1. The smallest absolute Gasteiger partial charge is 0.306 e. The summed E-state index contributed by atoms with van der Waals surface area (Å²) < 4.78 is 5.88. The Hall–Kier alpha value is -1.11. The predicted octanol–water partition coefficient (Wildman–Crippen LogP) is 1.72. The second kappa shape index (κ2) is 5.69. The van der Waals surface area contributed by atoms with Gasteiger partial charge in [-0.3, -0.25) is 9.59 Å². The van der Waals surface area contributed by atoms with Crippen molar-refractivity contribution in [2.24, 2.45) is 0 Å². The lowest BCUT2D eigenvalue weighted by Crippen LogP contribution is -2.46. The first-order valence-electron chi connectivity index (χ1n) is 5.44. The van der Waals surface area contributed by atoms with E-state index in [-0.39, 0.29) is 12.3 Å². The maximum atomic E-state index is 12.1. The molecule has 2 rings (SSSR count). The van der Waals surface area contributed by atoms with Crippen LogP contribution in [-0.2, 0) is 9.53 Å². The first-order chi connectivity index (χ1) is 8.56. The summed E-state index contributed by atoms with van der Waals surface area (Å²) in [5.41, 5.74) is 0. The first-order valence-corrected chi connectivity index (χ1v) is 6.63. The molecule has 1 aliphatic rings. The Morgan fingerprint density at radius 2 is 2.33 bits per heavy atom. The van der Waals surface area contributed by atoms with Gasteiger partial charge in [-0.1, -0.05) is 11.6 Å². The Bertz CT molecular complexity index is 462. The fourth-order valence-corrected chi connectivity index (χ4v) is 2.82. The minimum absolute atomic E-state index is 0.0883. The Morgan fingerprint density at radius 3 is 2.94 bits per heavy atom. The van der Waals surface area contributed by atoms with Crippen LogP contribution in [0.2, 0.25) is 4.34 Å². The average molecular weight is 290 g/mol. The van der Waals surface area contributed by atoms with Crippen LogP contribution in [0, 0.1) is 0 Å². The molecule has 1 fully saturated rings. The van der Waals surface area contributed by atoms with Crippen molar-refractivity contribution in [1.29, 1.82) is 0 Å². The zero-order valence-electron chi connectivity index (χ0n) is 9.47. The summed E-state index contributed by atoms with van der Waals surface area (Å²) >= 11 is 7.01. The van der Waals surface area contributed by atoms with Gasteiger partial charge in [0.05, 0.1) is 28.3 Å². The third kappa shape index (κ3) is 3.22. The number of amides is 1. The number of rotatable bonds is 3. The summed E-state index contributed by atoms with van der Waals surface area (Å²) in [6.45, 7) is 1.15. The number of ether oxygens (including phenoxy) is 1. The van der Waals surface area contributed by atoms with E-state index in [0.717, 1.165) is 0 Å². The molecule has 2 heterocycles. The second-order valence-corrected chi connectivity index (χ2v) is 5.66. The average Bonchev–Trinajstić information content (AvgIpc) is 2.74. The van der Waals surface area contributed by atoms with Gasteiger partial charge in [-0.25, -0.2) is 0 Å². The van der Waals surface area contributed by atoms with Crippen LogP contribution in [0.25, 0.3) is 0 Å². The topological polar surface area (TPSA) is 66.8 Å². The molecule has 1 amide bonds. The molecule has 0 aliphatic carbocycles. The van der Waals surface area contributed by atoms with Gasteiger partial charge in [0.15, 0.2) is 0 Å². The molecule has 1 atom stereocenters. The van der Waals surface area contributed by atoms with Crippen molar-refractivity contribution in [2.45, 2.75) is 12.5 Å². The van der Waals surface area contributed by atoms with Crippen LogP contribution in [0.4, 0.5) is 0 Å². The van der Waals surface area contributed by atoms with Gasteiger partial charge in [0.2, 0.25) is 0 Å². The minimum atomic E-state index is -0.923. The molecule has 98 valence electrons. The van der Waals surface area contributed by atoms with Gasteiger partial charge in [-0.15, -0.1) is 11.3 Å². The molecule has 0 radical (unpaired) electrons. The summed E-state index contributed by atoms with van der Waals surface area (Å²) in [4.78, 5) is 24.9. The van der Waals surface area contributed by atoms with E-state index in [0.29, 0.717) is 28.9 Å². The number of carboxylic acids is 1. The molecule has 18 heavy (non-hydrogen) atoms. The van der Waals surface area contributed by atoms with Crippen molar-refractivity contribution in [3.8, 4) is 0 Å². The summed E-state index contributed by atoms with van der Waals surface area (Å²) in [7, 11) is 0. The molecule has 0 saturated carbocycles. The third-order valence-corrected chi connectivity index (χ3v) is 3.83.